The first kappa shape index (κ1) is 12.3. The van der Waals surface area contributed by atoms with Crippen LogP contribution in [0.2, 0.25) is 0 Å². The molecule has 0 bridgehead atoms. The lowest BCUT2D eigenvalue weighted by Gasteiger charge is -1.98. The minimum absolute atomic E-state index is 0.110. The molecule has 0 radical (unpaired) electrons. The summed E-state index contributed by atoms with van der Waals surface area (Å²) in [4.78, 5) is 10.9. The quantitative estimate of drug-likeness (QED) is 0.549. The highest BCUT2D eigenvalue weighted by atomic mass is 79.9. The molecule has 0 spiro atoms. The highest BCUT2D eigenvalue weighted by Crippen LogP contribution is 2.17. The number of carbonyl (C=O) groups excluding carboxylic acids is 1. The van der Waals surface area contributed by atoms with Crippen molar-refractivity contribution in [2.45, 2.75) is 20.8 Å². The van der Waals surface area contributed by atoms with Gasteiger partial charge in [0.1, 0.15) is 5.83 Å². The van der Waals surface area contributed by atoms with Crippen molar-refractivity contribution in [3.63, 3.8) is 0 Å². The summed E-state index contributed by atoms with van der Waals surface area (Å²) in [5, 5.41) is 0. The van der Waals surface area contributed by atoms with E-state index in [0.29, 0.717) is 4.48 Å². The number of hydrogen-bond donors (Lipinski definition) is 0. The monoisotopic (exact) mass is 246 g/mol. The van der Waals surface area contributed by atoms with Crippen molar-refractivity contribution < 1.29 is 9.18 Å². The second kappa shape index (κ2) is 5.86. The molecule has 0 aromatic rings. The molecule has 0 aliphatic heterocycles. The van der Waals surface area contributed by atoms with Crippen LogP contribution < -0.4 is 0 Å². The average molecular weight is 247 g/mol. The molecule has 72 valence electrons. The Hall–Kier alpha value is -0.700. The fraction of sp³-hybridized carbons (Fsp3) is 0.300. The molecular weight excluding hydrogens is 235 g/mol. The third kappa shape index (κ3) is 4.18. The second-order valence-electron chi connectivity index (χ2n) is 2.42. The molecule has 0 atom stereocenters. The van der Waals surface area contributed by atoms with Gasteiger partial charge in [0, 0.05) is 10.1 Å². The highest BCUT2D eigenvalue weighted by molar-refractivity contribution is 9.11. The number of halogens is 2. The summed E-state index contributed by atoms with van der Waals surface area (Å²) < 4.78 is 13.9. The van der Waals surface area contributed by atoms with E-state index in [1.54, 1.807) is 19.9 Å². The van der Waals surface area contributed by atoms with Gasteiger partial charge in [-0.05, 0) is 26.8 Å². The Bertz CT molecular complexity index is 287. The Labute approximate surface area is 86.1 Å². The van der Waals surface area contributed by atoms with Gasteiger partial charge in [-0.25, -0.2) is 4.39 Å². The van der Waals surface area contributed by atoms with E-state index in [4.69, 9.17) is 0 Å². The van der Waals surface area contributed by atoms with Crippen LogP contribution in [0.1, 0.15) is 20.8 Å². The molecule has 0 aromatic heterocycles. The van der Waals surface area contributed by atoms with E-state index < -0.39 is 5.83 Å². The van der Waals surface area contributed by atoms with Gasteiger partial charge in [0.15, 0.2) is 5.78 Å². The molecule has 0 aliphatic rings. The molecule has 0 N–H and O–H groups in total. The average Bonchev–Trinajstić information content (AvgIpc) is 2.04. The summed E-state index contributed by atoms with van der Waals surface area (Å²) in [6, 6.07) is 0. The minimum atomic E-state index is -0.514. The zero-order valence-corrected chi connectivity index (χ0v) is 9.48. The van der Waals surface area contributed by atoms with Crippen LogP contribution in [-0.4, -0.2) is 5.78 Å². The number of ketones is 1. The summed E-state index contributed by atoms with van der Waals surface area (Å²) in [5.74, 6) is -0.785. The predicted octanol–water partition coefficient (Wildman–Crippen LogP) is 3.67. The van der Waals surface area contributed by atoms with E-state index in [-0.39, 0.29) is 11.4 Å². The van der Waals surface area contributed by atoms with Crippen molar-refractivity contribution in [1.29, 1.82) is 0 Å². The van der Waals surface area contributed by atoms with Gasteiger partial charge >= 0.3 is 0 Å². The fourth-order valence-electron chi connectivity index (χ4n) is 0.791. The van der Waals surface area contributed by atoms with Crippen LogP contribution in [0.25, 0.3) is 0 Å². The van der Waals surface area contributed by atoms with Gasteiger partial charge in [0.2, 0.25) is 0 Å². The summed E-state index contributed by atoms with van der Waals surface area (Å²) in [6.45, 7) is 4.75. The van der Waals surface area contributed by atoms with E-state index in [1.165, 1.54) is 19.1 Å². The first-order chi connectivity index (χ1) is 6.02. The summed E-state index contributed by atoms with van der Waals surface area (Å²) in [6.07, 6.45) is 4.44. The lowest BCUT2D eigenvalue weighted by Crippen LogP contribution is -1.96. The van der Waals surface area contributed by atoms with Gasteiger partial charge < -0.3 is 0 Å². The standard InChI is InChI=1S/C10H12BrFO/c1-4-8(11)6-10(12)9(5-2)7(3)13/h4-6H,1-3H3/b8-4+,9-5+,10-6+. The van der Waals surface area contributed by atoms with Gasteiger partial charge in [0.05, 0.1) is 0 Å². The molecule has 0 aliphatic carbocycles. The van der Waals surface area contributed by atoms with E-state index in [2.05, 4.69) is 15.9 Å². The molecule has 0 aromatic carbocycles. The van der Waals surface area contributed by atoms with Crippen LogP contribution in [0, 0.1) is 0 Å². The third-order valence-electron chi connectivity index (χ3n) is 1.47. The van der Waals surface area contributed by atoms with Crippen molar-refractivity contribution in [3.8, 4) is 0 Å². The maximum atomic E-state index is 13.3. The number of hydrogen-bond acceptors (Lipinski definition) is 1. The largest absolute Gasteiger partial charge is 0.294 e. The van der Waals surface area contributed by atoms with Gasteiger partial charge in [0.25, 0.3) is 0 Å². The number of allylic oxidation sites excluding steroid dienone is 6. The zero-order valence-electron chi connectivity index (χ0n) is 7.90. The summed E-state index contributed by atoms with van der Waals surface area (Å²) in [5.41, 5.74) is 0.110. The Kier molecular flexibility index (Phi) is 5.55. The number of rotatable bonds is 3. The Morgan fingerprint density at radius 3 is 2.15 bits per heavy atom. The maximum absolute atomic E-state index is 13.3. The topological polar surface area (TPSA) is 17.1 Å². The molecule has 0 fully saturated rings. The Morgan fingerprint density at radius 2 is 1.85 bits per heavy atom. The Morgan fingerprint density at radius 1 is 1.31 bits per heavy atom. The van der Waals surface area contributed by atoms with Gasteiger partial charge in [-0.3, -0.25) is 4.79 Å². The van der Waals surface area contributed by atoms with Gasteiger partial charge in [-0.1, -0.05) is 28.1 Å². The summed E-state index contributed by atoms with van der Waals surface area (Å²) in [7, 11) is 0. The molecular formula is C10H12BrFO. The van der Waals surface area contributed by atoms with E-state index in [0.717, 1.165) is 0 Å². The highest BCUT2D eigenvalue weighted by Gasteiger charge is 2.08. The third-order valence-corrected chi connectivity index (χ3v) is 2.15. The SMILES string of the molecule is C\C=C(Br)/C=C(F)\C(=C\C)C(C)=O. The van der Waals surface area contributed by atoms with Crippen molar-refractivity contribution in [3.05, 3.63) is 34.1 Å². The van der Waals surface area contributed by atoms with E-state index >= 15 is 0 Å². The van der Waals surface area contributed by atoms with Gasteiger partial charge in [-0.2, -0.15) is 0 Å². The van der Waals surface area contributed by atoms with Crippen LogP contribution in [-0.2, 0) is 4.79 Å². The number of Topliss-reactive ketones (excluding diaryl/α,β-unsaturated/α-hetero) is 1. The van der Waals surface area contributed by atoms with Gasteiger partial charge in [-0.15, -0.1) is 0 Å². The van der Waals surface area contributed by atoms with Crippen LogP contribution >= 0.6 is 15.9 Å². The smallest absolute Gasteiger partial charge is 0.162 e. The molecule has 0 saturated carbocycles. The fourth-order valence-corrected chi connectivity index (χ4v) is 0.992. The normalized spacial score (nSPS) is 14.7. The Balaban J connectivity index is 4.87. The van der Waals surface area contributed by atoms with Crippen LogP contribution in [0.15, 0.2) is 34.1 Å². The molecule has 1 nitrogen and oxygen atoms in total. The molecule has 0 amide bonds. The van der Waals surface area contributed by atoms with Crippen molar-refractivity contribution in [1.82, 2.24) is 0 Å². The number of carbonyl (C=O) groups is 1. The van der Waals surface area contributed by atoms with Crippen LogP contribution in [0.3, 0.4) is 0 Å². The van der Waals surface area contributed by atoms with Crippen LogP contribution in [0.5, 0.6) is 0 Å². The van der Waals surface area contributed by atoms with E-state index in [1.807, 2.05) is 0 Å². The lowest BCUT2D eigenvalue weighted by atomic mass is 10.1. The molecule has 0 unspecified atom stereocenters. The van der Waals surface area contributed by atoms with Crippen molar-refractivity contribution >= 4 is 21.7 Å². The molecule has 3 heteroatoms. The van der Waals surface area contributed by atoms with Crippen molar-refractivity contribution in [2.24, 2.45) is 0 Å². The lowest BCUT2D eigenvalue weighted by molar-refractivity contribution is -0.113. The maximum Gasteiger partial charge on any atom is 0.162 e. The molecule has 0 rings (SSSR count). The van der Waals surface area contributed by atoms with Crippen molar-refractivity contribution in [2.75, 3.05) is 0 Å². The van der Waals surface area contributed by atoms with E-state index in [9.17, 15) is 9.18 Å². The first-order valence-electron chi connectivity index (χ1n) is 3.89. The second-order valence-corrected chi connectivity index (χ2v) is 3.34. The predicted molar refractivity (Wildman–Crippen MR) is 56.3 cm³/mol. The minimum Gasteiger partial charge on any atom is -0.294 e. The first-order valence-corrected chi connectivity index (χ1v) is 4.68. The van der Waals surface area contributed by atoms with Crippen LogP contribution in [0.4, 0.5) is 4.39 Å². The summed E-state index contributed by atoms with van der Waals surface area (Å²) >= 11 is 3.13. The molecule has 13 heavy (non-hydrogen) atoms. The molecule has 0 heterocycles. The zero-order chi connectivity index (χ0) is 10.4. The molecule has 0 saturated heterocycles.